The number of rotatable bonds is 8. The SMILES string of the molecule is CCOc1ccccc1-c1nnc(SC(C)C(=O)c2[nH]c(C)c(C(C)=O)c2C)o1. The number of nitrogens with one attached hydrogen (secondary N) is 1. The fraction of sp³-hybridized carbons (Fsp3) is 0.333. The van der Waals surface area contributed by atoms with Crippen LogP contribution in [0.4, 0.5) is 0 Å². The molecule has 2 aromatic heterocycles. The molecule has 3 aromatic rings. The Morgan fingerprint density at radius 2 is 1.97 bits per heavy atom. The molecule has 1 aromatic carbocycles. The third kappa shape index (κ3) is 4.27. The second kappa shape index (κ2) is 8.65. The second-order valence-corrected chi connectivity index (χ2v) is 7.90. The van der Waals surface area contributed by atoms with Crippen LogP contribution in [-0.4, -0.2) is 38.6 Å². The van der Waals surface area contributed by atoms with E-state index in [-0.39, 0.29) is 11.6 Å². The van der Waals surface area contributed by atoms with Crippen molar-refractivity contribution in [2.75, 3.05) is 6.61 Å². The molecule has 0 aliphatic carbocycles. The van der Waals surface area contributed by atoms with Crippen molar-refractivity contribution >= 4 is 23.3 Å². The van der Waals surface area contributed by atoms with Gasteiger partial charge in [0.1, 0.15) is 5.75 Å². The Hall–Kier alpha value is -2.87. The van der Waals surface area contributed by atoms with Crippen LogP contribution < -0.4 is 4.74 Å². The third-order valence-electron chi connectivity index (χ3n) is 4.51. The van der Waals surface area contributed by atoms with Gasteiger partial charge in [-0.2, -0.15) is 0 Å². The number of carbonyl (C=O) groups is 2. The topological polar surface area (TPSA) is 98.1 Å². The lowest BCUT2D eigenvalue weighted by Gasteiger charge is -2.07. The van der Waals surface area contributed by atoms with Crippen LogP contribution in [0, 0.1) is 13.8 Å². The molecular formula is C21H23N3O4S. The number of thioether (sulfide) groups is 1. The number of aromatic nitrogens is 3. The van der Waals surface area contributed by atoms with Gasteiger partial charge in [-0.1, -0.05) is 23.9 Å². The Kier molecular flexibility index (Phi) is 6.22. The van der Waals surface area contributed by atoms with E-state index < -0.39 is 5.25 Å². The highest BCUT2D eigenvalue weighted by atomic mass is 32.2. The van der Waals surface area contributed by atoms with Gasteiger partial charge in [0.25, 0.3) is 11.1 Å². The van der Waals surface area contributed by atoms with Gasteiger partial charge < -0.3 is 14.1 Å². The highest BCUT2D eigenvalue weighted by Crippen LogP contribution is 2.32. The third-order valence-corrected chi connectivity index (χ3v) is 5.44. The smallest absolute Gasteiger partial charge is 0.277 e. The number of aryl methyl sites for hydroxylation is 1. The first-order valence-electron chi connectivity index (χ1n) is 9.30. The van der Waals surface area contributed by atoms with Gasteiger partial charge in [0.2, 0.25) is 0 Å². The van der Waals surface area contributed by atoms with Gasteiger partial charge in [-0.05, 0) is 52.3 Å². The predicted molar refractivity (Wildman–Crippen MR) is 111 cm³/mol. The molecule has 0 aliphatic heterocycles. The number of aromatic amines is 1. The van der Waals surface area contributed by atoms with E-state index in [1.165, 1.54) is 18.7 Å². The standard InChI is InChI=1S/C21H23N3O4S/c1-6-27-16-10-8-7-9-15(16)20-23-24-21(28-20)29-14(5)19(26)18-11(2)17(13(4)25)12(3)22-18/h7-10,14,22H,6H2,1-5H3. The van der Waals surface area contributed by atoms with Crippen molar-refractivity contribution in [2.45, 2.75) is 45.1 Å². The largest absolute Gasteiger partial charge is 0.493 e. The van der Waals surface area contributed by atoms with Gasteiger partial charge in [-0.3, -0.25) is 9.59 Å². The van der Waals surface area contributed by atoms with Gasteiger partial charge in [-0.15, -0.1) is 10.2 Å². The normalized spacial score (nSPS) is 12.0. The molecule has 1 N–H and O–H groups in total. The highest BCUT2D eigenvalue weighted by molar-refractivity contribution is 8.00. The maximum atomic E-state index is 12.9. The van der Waals surface area contributed by atoms with Crippen LogP contribution in [0.1, 0.15) is 52.9 Å². The number of ketones is 2. The lowest BCUT2D eigenvalue weighted by molar-refractivity contribution is 0.0988. The van der Waals surface area contributed by atoms with Crippen LogP contribution in [0.5, 0.6) is 5.75 Å². The Balaban J connectivity index is 1.79. The zero-order chi connectivity index (χ0) is 21.1. The molecule has 0 saturated heterocycles. The minimum Gasteiger partial charge on any atom is -0.493 e. The molecule has 7 nitrogen and oxygen atoms in total. The van der Waals surface area contributed by atoms with Crippen molar-refractivity contribution in [3.8, 4) is 17.2 Å². The zero-order valence-corrected chi connectivity index (χ0v) is 17.8. The fourth-order valence-electron chi connectivity index (χ4n) is 3.22. The summed E-state index contributed by atoms with van der Waals surface area (Å²) in [5, 5.41) is 7.97. The number of hydrogen-bond acceptors (Lipinski definition) is 7. The molecule has 0 fully saturated rings. The van der Waals surface area contributed by atoms with Crippen LogP contribution in [0.3, 0.4) is 0 Å². The fourth-order valence-corrected chi connectivity index (χ4v) is 3.97. The van der Waals surface area contributed by atoms with Crippen molar-refractivity contribution in [1.82, 2.24) is 15.2 Å². The van der Waals surface area contributed by atoms with E-state index in [0.29, 0.717) is 51.5 Å². The minimum absolute atomic E-state index is 0.0647. The summed E-state index contributed by atoms with van der Waals surface area (Å²) < 4.78 is 11.4. The molecular weight excluding hydrogens is 390 g/mol. The first-order chi connectivity index (χ1) is 13.8. The molecule has 1 unspecified atom stereocenters. The van der Waals surface area contributed by atoms with E-state index in [2.05, 4.69) is 15.2 Å². The van der Waals surface area contributed by atoms with E-state index in [0.717, 1.165) is 0 Å². The number of ether oxygens (including phenoxy) is 1. The Bertz CT molecular complexity index is 1050. The summed E-state index contributed by atoms with van der Waals surface area (Å²) in [5.74, 6) is 0.804. The van der Waals surface area contributed by atoms with E-state index in [4.69, 9.17) is 9.15 Å². The van der Waals surface area contributed by atoms with Gasteiger partial charge in [-0.25, -0.2) is 0 Å². The molecule has 29 heavy (non-hydrogen) atoms. The van der Waals surface area contributed by atoms with Crippen molar-refractivity contribution < 1.29 is 18.7 Å². The molecule has 3 rings (SSSR count). The summed E-state index contributed by atoms with van der Waals surface area (Å²) in [7, 11) is 0. The molecule has 0 bridgehead atoms. The maximum Gasteiger partial charge on any atom is 0.277 e. The molecule has 0 radical (unpaired) electrons. The number of carbonyl (C=O) groups excluding carboxylic acids is 2. The quantitative estimate of drug-likeness (QED) is 0.424. The van der Waals surface area contributed by atoms with E-state index in [1.54, 1.807) is 20.8 Å². The van der Waals surface area contributed by atoms with Crippen LogP contribution in [-0.2, 0) is 0 Å². The summed E-state index contributed by atoms with van der Waals surface area (Å²) in [6.45, 7) is 9.26. The molecule has 152 valence electrons. The van der Waals surface area contributed by atoms with Crippen LogP contribution in [0.2, 0.25) is 0 Å². The van der Waals surface area contributed by atoms with Crippen molar-refractivity contribution in [3.63, 3.8) is 0 Å². The van der Waals surface area contributed by atoms with Crippen LogP contribution in [0.15, 0.2) is 33.9 Å². The van der Waals surface area contributed by atoms with Crippen molar-refractivity contribution in [3.05, 3.63) is 46.8 Å². The van der Waals surface area contributed by atoms with E-state index in [9.17, 15) is 9.59 Å². The van der Waals surface area contributed by atoms with Gasteiger partial charge in [0.15, 0.2) is 11.6 Å². The molecule has 2 heterocycles. The lowest BCUT2D eigenvalue weighted by Crippen LogP contribution is -2.15. The summed E-state index contributed by atoms with van der Waals surface area (Å²) in [4.78, 5) is 27.8. The summed E-state index contributed by atoms with van der Waals surface area (Å²) in [5.41, 5.74) is 3.08. The van der Waals surface area contributed by atoms with Crippen molar-refractivity contribution in [1.29, 1.82) is 0 Å². The Labute approximate surface area is 173 Å². The van der Waals surface area contributed by atoms with E-state index >= 15 is 0 Å². The first-order valence-corrected chi connectivity index (χ1v) is 10.2. The minimum atomic E-state index is -0.470. The highest BCUT2D eigenvalue weighted by Gasteiger charge is 2.26. The monoisotopic (exact) mass is 413 g/mol. The molecule has 1 atom stereocenters. The summed E-state index contributed by atoms with van der Waals surface area (Å²) >= 11 is 1.18. The van der Waals surface area contributed by atoms with Crippen molar-refractivity contribution in [2.24, 2.45) is 0 Å². The molecule has 0 aliphatic rings. The van der Waals surface area contributed by atoms with Gasteiger partial charge >= 0.3 is 0 Å². The molecule has 0 spiro atoms. The average Bonchev–Trinajstić information content (AvgIpc) is 3.25. The second-order valence-electron chi connectivity index (χ2n) is 6.61. The molecule has 8 heteroatoms. The number of para-hydroxylation sites is 1. The molecule has 0 amide bonds. The number of nitrogens with zero attached hydrogens (tertiary/aromatic N) is 2. The predicted octanol–water partition coefficient (Wildman–Crippen LogP) is 4.65. The molecule has 0 saturated carbocycles. The average molecular weight is 413 g/mol. The lowest BCUT2D eigenvalue weighted by atomic mass is 10.0. The van der Waals surface area contributed by atoms with Crippen LogP contribution >= 0.6 is 11.8 Å². The number of hydrogen-bond donors (Lipinski definition) is 1. The zero-order valence-electron chi connectivity index (χ0n) is 17.0. The Morgan fingerprint density at radius 3 is 2.62 bits per heavy atom. The number of Topliss-reactive ketones (excluding diaryl/α,β-unsaturated/α-hetero) is 2. The summed E-state index contributed by atoms with van der Waals surface area (Å²) in [6, 6.07) is 7.42. The summed E-state index contributed by atoms with van der Waals surface area (Å²) in [6.07, 6.45) is 0. The number of H-pyrrole nitrogens is 1. The van der Waals surface area contributed by atoms with E-state index in [1.807, 2.05) is 31.2 Å². The van der Waals surface area contributed by atoms with Crippen LogP contribution in [0.25, 0.3) is 11.5 Å². The number of benzene rings is 1. The Morgan fingerprint density at radius 1 is 1.24 bits per heavy atom. The first kappa shape index (κ1) is 20.9. The van der Waals surface area contributed by atoms with Gasteiger partial charge in [0, 0.05) is 11.3 Å². The van der Waals surface area contributed by atoms with Gasteiger partial charge in [0.05, 0.1) is 23.1 Å². The maximum absolute atomic E-state index is 12.9.